The summed E-state index contributed by atoms with van der Waals surface area (Å²) in [7, 11) is -1.71. The molecule has 2 aromatic carbocycles. The molecule has 0 bridgehead atoms. The first-order valence-electron chi connectivity index (χ1n) is 7.35. The zero-order valence-electron chi connectivity index (χ0n) is 13.1. The number of rotatable bonds is 4. The molecule has 0 aliphatic heterocycles. The molecule has 0 amide bonds. The van der Waals surface area contributed by atoms with Gasteiger partial charge in [0.15, 0.2) is 0 Å². The second-order valence-corrected chi connectivity index (χ2v) is 7.12. The second kappa shape index (κ2) is 6.70. The number of nitriles is 1. The molecule has 0 saturated heterocycles. The van der Waals surface area contributed by atoms with E-state index < -0.39 is 41.0 Å². The van der Waals surface area contributed by atoms with Crippen molar-refractivity contribution >= 4 is 10.7 Å². The van der Waals surface area contributed by atoms with E-state index in [1.165, 1.54) is 18.2 Å². The molecule has 2 unspecified atom stereocenters. The Morgan fingerprint density at radius 1 is 1.35 bits per heavy atom. The minimum absolute atomic E-state index is 0.0104. The number of aliphatic hydroxyl groups is 1. The summed E-state index contributed by atoms with van der Waals surface area (Å²) in [6, 6.07) is 6.43. The van der Waals surface area contributed by atoms with Crippen LogP contribution >= 0.6 is 0 Å². The largest absolute Gasteiger partial charge is 0.457 e. The number of halogens is 4. The highest BCUT2D eigenvalue weighted by Crippen LogP contribution is 2.49. The van der Waals surface area contributed by atoms with E-state index in [2.05, 4.69) is 0 Å². The van der Waals surface area contributed by atoms with Crippen LogP contribution in [0.3, 0.4) is 0 Å². The summed E-state index contributed by atoms with van der Waals surface area (Å²) in [6.07, 6.45) is -3.03. The maximum Gasteiger partial charge on any atom is 0.281 e. The van der Waals surface area contributed by atoms with Crippen molar-refractivity contribution in [2.45, 2.75) is 23.3 Å². The third-order valence-corrected chi connectivity index (χ3v) is 5.07. The predicted molar refractivity (Wildman–Crippen MR) is 85.6 cm³/mol. The molecule has 2 N–H and O–H groups in total. The summed E-state index contributed by atoms with van der Waals surface area (Å²) >= 11 is 0. The molecule has 0 spiro atoms. The van der Waals surface area contributed by atoms with Crippen LogP contribution in [0.2, 0.25) is 0 Å². The molecule has 0 heterocycles. The summed E-state index contributed by atoms with van der Waals surface area (Å²) in [6.45, 7) is 0. The van der Waals surface area contributed by atoms with Crippen LogP contribution in [0.15, 0.2) is 35.2 Å². The number of hydrogen-bond donors (Lipinski definition) is 2. The van der Waals surface area contributed by atoms with E-state index in [1.54, 1.807) is 6.07 Å². The van der Waals surface area contributed by atoms with Crippen molar-refractivity contribution in [3.05, 3.63) is 52.8 Å². The molecule has 0 radical (unpaired) electrons. The molecule has 26 heavy (non-hydrogen) atoms. The van der Waals surface area contributed by atoms with Crippen molar-refractivity contribution < 1.29 is 27.4 Å². The monoisotopic (exact) mass is 384 g/mol. The minimum Gasteiger partial charge on any atom is -0.457 e. The third-order valence-electron chi connectivity index (χ3n) is 3.96. The van der Waals surface area contributed by atoms with Gasteiger partial charge in [0.25, 0.3) is 5.92 Å². The highest BCUT2D eigenvalue weighted by Gasteiger charge is 2.49. The zero-order chi connectivity index (χ0) is 19.1. The van der Waals surface area contributed by atoms with E-state index in [0.717, 1.165) is 12.1 Å². The van der Waals surface area contributed by atoms with Gasteiger partial charge in [-0.25, -0.2) is 17.6 Å². The van der Waals surface area contributed by atoms with Crippen LogP contribution in [0.4, 0.5) is 17.6 Å². The van der Waals surface area contributed by atoms with Gasteiger partial charge in [0.2, 0.25) is 0 Å². The lowest BCUT2D eigenvalue weighted by Gasteiger charge is -2.16. The van der Waals surface area contributed by atoms with Gasteiger partial charge in [-0.05, 0) is 35.0 Å². The van der Waals surface area contributed by atoms with Crippen molar-refractivity contribution in [1.82, 2.24) is 0 Å². The molecule has 0 aromatic heterocycles. The molecular weight excluding hydrogens is 372 g/mol. The Labute approximate surface area is 148 Å². The fraction of sp³-hybridized carbons (Fsp3) is 0.235. The van der Waals surface area contributed by atoms with Crippen LogP contribution in [0.25, 0.3) is 0 Å². The highest BCUT2D eigenvalue weighted by atomic mass is 32.2. The van der Waals surface area contributed by atoms with E-state index in [1.807, 2.05) is 0 Å². The quantitative estimate of drug-likeness (QED) is 0.768. The van der Waals surface area contributed by atoms with Crippen molar-refractivity contribution in [2.24, 2.45) is 0 Å². The van der Waals surface area contributed by atoms with Crippen LogP contribution in [-0.4, -0.2) is 17.0 Å². The Morgan fingerprint density at radius 3 is 2.73 bits per heavy atom. The molecule has 1 aliphatic rings. The smallest absolute Gasteiger partial charge is 0.281 e. The van der Waals surface area contributed by atoms with Crippen LogP contribution < -0.4 is 4.74 Å². The topological polar surface area (TPSA) is 77.1 Å². The summed E-state index contributed by atoms with van der Waals surface area (Å²) in [5.74, 6) is -4.36. The Balaban J connectivity index is 2.10. The Bertz CT molecular complexity index is 943. The molecule has 136 valence electrons. The summed E-state index contributed by atoms with van der Waals surface area (Å²) in [4.78, 5) is -0.0171. The molecular formula is C17H12F4N2O2S. The number of alkyl halides is 3. The molecule has 1 aliphatic carbocycles. The minimum atomic E-state index is -3.49. The molecule has 9 heteroatoms. The number of ether oxygens (including phenoxy) is 1. The molecule has 3 rings (SSSR count). The van der Waals surface area contributed by atoms with Gasteiger partial charge < -0.3 is 9.84 Å². The third kappa shape index (κ3) is 3.18. The second-order valence-electron chi connectivity index (χ2n) is 5.68. The lowest BCUT2D eigenvalue weighted by Crippen LogP contribution is -2.22. The molecule has 2 atom stereocenters. The summed E-state index contributed by atoms with van der Waals surface area (Å²) in [5, 5.41) is 18.8. The first-order valence-corrected chi connectivity index (χ1v) is 8.74. The van der Waals surface area contributed by atoms with Crippen molar-refractivity contribution in [3.8, 4) is 17.6 Å². The Kier molecular flexibility index (Phi) is 4.73. The van der Waals surface area contributed by atoms with E-state index >= 15 is 0 Å². The van der Waals surface area contributed by atoms with Gasteiger partial charge in [-0.1, -0.05) is 0 Å². The van der Waals surface area contributed by atoms with Gasteiger partial charge in [-0.15, -0.1) is 0 Å². The lowest BCUT2D eigenvalue weighted by molar-refractivity contribution is -0.0976. The van der Waals surface area contributed by atoms with Crippen LogP contribution in [0.1, 0.15) is 22.8 Å². The lowest BCUT2D eigenvalue weighted by atomic mass is 10.1. The van der Waals surface area contributed by atoms with Gasteiger partial charge in [0, 0.05) is 28.5 Å². The fourth-order valence-corrected chi connectivity index (χ4v) is 3.68. The number of hydrogen-bond acceptors (Lipinski definition) is 4. The highest BCUT2D eigenvalue weighted by molar-refractivity contribution is 7.86. The van der Waals surface area contributed by atoms with E-state index in [4.69, 9.17) is 14.8 Å². The molecule has 0 fully saturated rings. The van der Waals surface area contributed by atoms with E-state index in [-0.39, 0.29) is 33.1 Å². The normalized spacial score (nSPS) is 18.8. The fourth-order valence-electron chi connectivity index (χ4n) is 2.83. The number of nitrogens with zero attached hydrogens (tertiary/aromatic N) is 1. The average Bonchev–Trinajstić information content (AvgIpc) is 2.84. The zero-order valence-corrected chi connectivity index (χ0v) is 13.9. The van der Waals surface area contributed by atoms with Crippen molar-refractivity contribution in [1.29, 1.82) is 10.0 Å². The molecule has 2 aromatic rings. The average molecular weight is 384 g/mol. The van der Waals surface area contributed by atoms with E-state index in [0.29, 0.717) is 0 Å². The number of nitrogens with one attached hydrogen (secondary N) is 1. The molecule has 4 nitrogen and oxygen atoms in total. The van der Waals surface area contributed by atoms with Gasteiger partial charge >= 0.3 is 0 Å². The Morgan fingerprint density at radius 2 is 2.08 bits per heavy atom. The number of fused-ring (bicyclic) bond motifs is 1. The molecule has 0 saturated carbocycles. The SMILES string of the molecule is N#Cc1cc(F)cc(Oc2ccc(S(=N)CF)c3c2CC(F)(F)C3O)c1. The van der Waals surface area contributed by atoms with Gasteiger partial charge in [0.1, 0.15) is 29.4 Å². The van der Waals surface area contributed by atoms with Crippen LogP contribution in [-0.2, 0) is 17.1 Å². The summed E-state index contributed by atoms with van der Waals surface area (Å²) in [5.41, 5.74) is -0.287. The van der Waals surface area contributed by atoms with Gasteiger partial charge in [-0.2, -0.15) is 5.26 Å². The standard InChI is InChI=1S/C17H12F4N2O2S/c18-8-26(23)14-2-1-13(12-6-17(20,21)16(24)15(12)14)25-11-4-9(7-22)3-10(19)5-11/h1-5,16,23-24H,6,8H2. The maximum absolute atomic E-state index is 14.0. The van der Waals surface area contributed by atoms with Gasteiger partial charge in [-0.3, -0.25) is 4.78 Å². The Hall–Kier alpha value is -2.44. The summed E-state index contributed by atoms with van der Waals surface area (Å²) < 4.78 is 67.6. The maximum atomic E-state index is 14.0. The van der Waals surface area contributed by atoms with Gasteiger partial charge in [0.05, 0.1) is 11.6 Å². The first-order chi connectivity index (χ1) is 12.3. The van der Waals surface area contributed by atoms with E-state index in [9.17, 15) is 22.7 Å². The van der Waals surface area contributed by atoms with Crippen LogP contribution in [0.5, 0.6) is 11.5 Å². The first kappa shape index (κ1) is 18.4. The van der Waals surface area contributed by atoms with Crippen molar-refractivity contribution in [2.75, 3.05) is 6.01 Å². The number of benzene rings is 2. The predicted octanol–water partition coefficient (Wildman–Crippen LogP) is 4.38. The van der Waals surface area contributed by atoms with Crippen LogP contribution in [0, 0.1) is 21.9 Å². The number of aliphatic hydroxyl groups excluding tert-OH is 1. The van der Waals surface area contributed by atoms with Crippen molar-refractivity contribution in [3.63, 3.8) is 0 Å².